The van der Waals surface area contributed by atoms with Gasteiger partial charge in [-0.25, -0.2) is 0 Å². The highest BCUT2D eigenvalue weighted by atomic mass is 32.1. The minimum Gasteiger partial charge on any atom is -0.313 e. The fraction of sp³-hybridized carbons (Fsp3) is 0.429. The Labute approximate surface area is 101 Å². The Bertz CT molecular complexity index is 479. The molecule has 0 aliphatic rings. The zero-order valence-corrected chi connectivity index (χ0v) is 11.2. The van der Waals surface area contributed by atoms with Crippen LogP contribution in [0.25, 0.3) is 10.1 Å². The Kier molecular flexibility index (Phi) is 3.04. The molecule has 1 heterocycles. The van der Waals surface area contributed by atoms with Gasteiger partial charge in [-0.1, -0.05) is 39.0 Å². The fourth-order valence-electron chi connectivity index (χ4n) is 2.30. The van der Waals surface area contributed by atoms with Crippen molar-refractivity contribution >= 4 is 21.4 Å². The Balaban J connectivity index is 2.57. The van der Waals surface area contributed by atoms with Crippen LogP contribution in [0.4, 0.5) is 0 Å². The zero-order chi connectivity index (χ0) is 11.8. The summed E-state index contributed by atoms with van der Waals surface area (Å²) in [5.41, 5.74) is 1.65. The first-order valence-electron chi connectivity index (χ1n) is 5.67. The molecule has 16 heavy (non-hydrogen) atoms. The molecule has 1 N–H and O–H groups in total. The number of thiophene rings is 1. The van der Waals surface area contributed by atoms with Crippen LogP contribution in [0.15, 0.2) is 29.6 Å². The highest BCUT2D eigenvalue weighted by Gasteiger charge is 2.26. The molecule has 2 heteroatoms. The van der Waals surface area contributed by atoms with Crippen molar-refractivity contribution in [3.63, 3.8) is 0 Å². The Morgan fingerprint density at radius 2 is 1.94 bits per heavy atom. The molecule has 1 aromatic heterocycles. The van der Waals surface area contributed by atoms with Gasteiger partial charge in [-0.05, 0) is 34.9 Å². The molecule has 2 rings (SSSR count). The van der Waals surface area contributed by atoms with Gasteiger partial charge >= 0.3 is 0 Å². The number of benzene rings is 1. The molecule has 0 amide bonds. The van der Waals surface area contributed by atoms with Gasteiger partial charge in [-0.2, -0.15) is 0 Å². The third-order valence-corrected chi connectivity index (χ3v) is 3.95. The molecule has 2 aromatic rings. The van der Waals surface area contributed by atoms with Gasteiger partial charge in [0.25, 0.3) is 0 Å². The molecule has 0 fully saturated rings. The molecule has 0 aliphatic carbocycles. The van der Waals surface area contributed by atoms with Gasteiger partial charge in [0.1, 0.15) is 0 Å². The standard InChI is InChI=1S/C14H19NS/c1-14(2,3)13(15-4)11-7-5-6-10-8-9-16-12(10)11/h5-9,13,15H,1-4H3. The molecular formula is C14H19NS. The lowest BCUT2D eigenvalue weighted by atomic mass is 9.82. The average molecular weight is 233 g/mol. The number of hydrogen-bond donors (Lipinski definition) is 1. The minimum absolute atomic E-state index is 0.229. The number of nitrogens with one attached hydrogen (secondary N) is 1. The topological polar surface area (TPSA) is 12.0 Å². The van der Waals surface area contributed by atoms with E-state index < -0.39 is 0 Å². The van der Waals surface area contributed by atoms with Crippen LogP contribution < -0.4 is 5.32 Å². The molecule has 0 radical (unpaired) electrons. The van der Waals surface area contributed by atoms with Crippen LogP contribution in [0.5, 0.6) is 0 Å². The summed E-state index contributed by atoms with van der Waals surface area (Å²) in [4.78, 5) is 0. The molecule has 0 bridgehead atoms. The van der Waals surface area contributed by atoms with Crippen molar-refractivity contribution in [2.75, 3.05) is 7.05 Å². The highest BCUT2D eigenvalue weighted by Crippen LogP contribution is 2.37. The summed E-state index contributed by atoms with van der Waals surface area (Å²) in [6, 6.07) is 9.17. The van der Waals surface area contributed by atoms with Crippen molar-refractivity contribution in [3.8, 4) is 0 Å². The molecule has 1 aromatic carbocycles. The SMILES string of the molecule is CNC(c1cccc2ccsc12)C(C)(C)C. The van der Waals surface area contributed by atoms with Crippen molar-refractivity contribution in [2.24, 2.45) is 5.41 Å². The van der Waals surface area contributed by atoms with Crippen molar-refractivity contribution in [3.05, 3.63) is 35.2 Å². The number of rotatable bonds is 2. The maximum atomic E-state index is 3.45. The molecule has 86 valence electrons. The fourth-order valence-corrected chi connectivity index (χ4v) is 3.24. The predicted octanol–water partition coefficient (Wildman–Crippen LogP) is 4.21. The Morgan fingerprint density at radius 1 is 1.19 bits per heavy atom. The molecule has 1 unspecified atom stereocenters. The van der Waals surface area contributed by atoms with Crippen molar-refractivity contribution < 1.29 is 0 Å². The molecule has 0 aliphatic heterocycles. The lowest BCUT2D eigenvalue weighted by Gasteiger charge is -2.31. The van der Waals surface area contributed by atoms with Crippen molar-refractivity contribution in [1.29, 1.82) is 0 Å². The first-order chi connectivity index (χ1) is 7.54. The van der Waals surface area contributed by atoms with Crippen LogP contribution in [-0.2, 0) is 0 Å². The van der Waals surface area contributed by atoms with Gasteiger partial charge in [0.15, 0.2) is 0 Å². The average Bonchev–Trinajstić information content (AvgIpc) is 2.65. The van der Waals surface area contributed by atoms with E-state index in [2.05, 4.69) is 55.7 Å². The molecule has 0 spiro atoms. The van der Waals surface area contributed by atoms with Crippen LogP contribution in [0, 0.1) is 5.41 Å². The molecular weight excluding hydrogens is 214 g/mol. The van der Waals surface area contributed by atoms with Gasteiger partial charge in [0.2, 0.25) is 0 Å². The maximum absolute atomic E-state index is 3.45. The highest BCUT2D eigenvalue weighted by molar-refractivity contribution is 7.17. The van der Waals surface area contributed by atoms with E-state index in [1.165, 1.54) is 15.6 Å². The monoisotopic (exact) mass is 233 g/mol. The summed E-state index contributed by atoms with van der Waals surface area (Å²) in [7, 11) is 2.04. The lowest BCUT2D eigenvalue weighted by molar-refractivity contribution is 0.289. The molecule has 1 nitrogen and oxygen atoms in total. The molecule has 1 atom stereocenters. The van der Waals surface area contributed by atoms with Crippen LogP contribution in [-0.4, -0.2) is 7.05 Å². The predicted molar refractivity (Wildman–Crippen MR) is 73.1 cm³/mol. The van der Waals surface area contributed by atoms with Crippen LogP contribution in [0.1, 0.15) is 32.4 Å². The summed E-state index contributed by atoms with van der Waals surface area (Å²) in [6.45, 7) is 6.84. The third-order valence-electron chi connectivity index (χ3n) is 2.98. The first-order valence-corrected chi connectivity index (χ1v) is 6.55. The van der Waals surface area contributed by atoms with E-state index in [-0.39, 0.29) is 5.41 Å². The Hall–Kier alpha value is -0.860. The minimum atomic E-state index is 0.229. The normalized spacial score (nSPS) is 14.2. The van der Waals surface area contributed by atoms with E-state index >= 15 is 0 Å². The lowest BCUT2D eigenvalue weighted by Crippen LogP contribution is -2.29. The smallest absolute Gasteiger partial charge is 0.0390 e. The van der Waals surface area contributed by atoms with Crippen LogP contribution >= 0.6 is 11.3 Å². The summed E-state index contributed by atoms with van der Waals surface area (Å²) in [5.74, 6) is 0. The number of fused-ring (bicyclic) bond motifs is 1. The van der Waals surface area contributed by atoms with Crippen LogP contribution in [0.2, 0.25) is 0 Å². The van der Waals surface area contributed by atoms with E-state index in [0.29, 0.717) is 6.04 Å². The third kappa shape index (κ3) is 2.00. The van der Waals surface area contributed by atoms with Crippen molar-refractivity contribution in [2.45, 2.75) is 26.8 Å². The largest absolute Gasteiger partial charge is 0.313 e. The first kappa shape index (κ1) is 11.6. The van der Waals surface area contributed by atoms with Gasteiger partial charge < -0.3 is 5.32 Å². The number of hydrogen-bond acceptors (Lipinski definition) is 2. The van der Waals surface area contributed by atoms with Gasteiger partial charge in [-0.15, -0.1) is 11.3 Å². The molecule has 0 saturated heterocycles. The van der Waals surface area contributed by atoms with Crippen LogP contribution in [0.3, 0.4) is 0 Å². The second-order valence-corrected chi connectivity index (χ2v) is 6.19. The van der Waals surface area contributed by atoms with E-state index in [0.717, 1.165) is 0 Å². The summed E-state index contributed by atoms with van der Waals surface area (Å²) in [5, 5.41) is 6.97. The van der Waals surface area contributed by atoms with E-state index in [1.54, 1.807) is 0 Å². The quantitative estimate of drug-likeness (QED) is 0.819. The van der Waals surface area contributed by atoms with E-state index in [1.807, 2.05) is 18.4 Å². The summed E-state index contributed by atoms with van der Waals surface area (Å²) >= 11 is 1.83. The van der Waals surface area contributed by atoms with Crippen molar-refractivity contribution in [1.82, 2.24) is 5.32 Å². The molecule has 0 saturated carbocycles. The summed E-state index contributed by atoms with van der Waals surface area (Å²) in [6.07, 6.45) is 0. The van der Waals surface area contributed by atoms with Gasteiger partial charge in [-0.3, -0.25) is 0 Å². The second-order valence-electron chi connectivity index (χ2n) is 5.27. The maximum Gasteiger partial charge on any atom is 0.0390 e. The zero-order valence-electron chi connectivity index (χ0n) is 10.4. The van der Waals surface area contributed by atoms with Gasteiger partial charge in [0, 0.05) is 10.7 Å². The van der Waals surface area contributed by atoms with E-state index in [4.69, 9.17) is 0 Å². The Morgan fingerprint density at radius 3 is 2.56 bits per heavy atom. The van der Waals surface area contributed by atoms with E-state index in [9.17, 15) is 0 Å². The second kappa shape index (κ2) is 4.19. The van der Waals surface area contributed by atoms with Gasteiger partial charge in [0.05, 0.1) is 0 Å². The summed E-state index contributed by atoms with van der Waals surface area (Å²) < 4.78 is 1.41.